The molecule has 15 heavy (non-hydrogen) atoms. The lowest BCUT2D eigenvalue weighted by atomic mass is 9.88. The molecule has 1 saturated carbocycles. The SMILES string of the molecule is CCCN[C@H]1C[C@H]2C[C@@H]1c1ccccc12. The van der Waals surface area contributed by atoms with Crippen LogP contribution in [0.4, 0.5) is 0 Å². The molecule has 0 heterocycles. The number of rotatable bonds is 3. The Bertz CT molecular complexity index is 358. The Hall–Kier alpha value is -0.820. The summed E-state index contributed by atoms with van der Waals surface area (Å²) < 4.78 is 0. The standard InChI is InChI=1S/C14H19N/c1-2-7-15-14-9-10-8-13(14)12-6-4-3-5-11(10)12/h3-6,10,13-15H,2,7-9H2,1H3/t10-,13-,14+/m1/s1. The quantitative estimate of drug-likeness (QED) is 0.792. The van der Waals surface area contributed by atoms with E-state index in [1.165, 1.54) is 25.8 Å². The number of hydrogen-bond acceptors (Lipinski definition) is 1. The minimum atomic E-state index is 0.754. The van der Waals surface area contributed by atoms with Crippen LogP contribution in [-0.4, -0.2) is 12.6 Å². The smallest absolute Gasteiger partial charge is 0.0142 e. The number of hydrogen-bond donors (Lipinski definition) is 1. The fourth-order valence-corrected chi connectivity index (χ4v) is 3.41. The van der Waals surface area contributed by atoms with Gasteiger partial charge in [-0.2, -0.15) is 0 Å². The highest BCUT2D eigenvalue weighted by molar-refractivity contribution is 5.42. The Morgan fingerprint density at radius 1 is 1.20 bits per heavy atom. The lowest BCUT2D eigenvalue weighted by Gasteiger charge is -2.25. The molecular formula is C14H19N. The van der Waals surface area contributed by atoms with Crippen LogP contribution in [0.1, 0.15) is 49.1 Å². The average Bonchev–Trinajstić information content (AvgIpc) is 2.85. The lowest BCUT2D eigenvalue weighted by Crippen LogP contribution is -2.33. The van der Waals surface area contributed by atoms with Crippen molar-refractivity contribution in [2.45, 2.75) is 44.1 Å². The van der Waals surface area contributed by atoms with Crippen molar-refractivity contribution in [3.05, 3.63) is 35.4 Å². The van der Waals surface area contributed by atoms with Crippen LogP contribution in [0.5, 0.6) is 0 Å². The van der Waals surface area contributed by atoms with Gasteiger partial charge in [-0.05, 0) is 42.9 Å². The normalized spacial score (nSPS) is 31.9. The van der Waals surface area contributed by atoms with E-state index >= 15 is 0 Å². The van der Waals surface area contributed by atoms with Crippen molar-refractivity contribution in [2.24, 2.45) is 0 Å². The molecule has 1 nitrogen and oxygen atoms in total. The van der Waals surface area contributed by atoms with Gasteiger partial charge in [-0.1, -0.05) is 31.2 Å². The van der Waals surface area contributed by atoms with Gasteiger partial charge in [-0.15, -0.1) is 0 Å². The predicted octanol–water partition coefficient (Wildman–Crippen LogP) is 3.03. The van der Waals surface area contributed by atoms with Crippen molar-refractivity contribution in [2.75, 3.05) is 6.54 Å². The Labute approximate surface area is 91.9 Å². The molecule has 1 N–H and O–H groups in total. The van der Waals surface area contributed by atoms with Crippen LogP contribution < -0.4 is 5.32 Å². The van der Waals surface area contributed by atoms with Crippen molar-refractivity contribution < 1.29 is 0 Å². The predicted molar refractivity (Wildman–Crippen MR) is 63.2 cm³/mol. The Morgan fingerprint density at radius 2 is 2.00 bits per heavy atom. The molecule has 0 amide bonds. The molecule has 1 aromatic carbocycles. The van der Waals surface area contributed by atoms with Crippen molar-refractivity contribution in [1.82, 2.24) is 5.32 Å². The highest BCUT2D eigenvalue weighted by Gasteiger charge is 2.42. The molecule has 0 aromatic heterocycles. The maximum Gasteiger partial charge on any atom is 0.0142 e. The fourth-order valence-electron chi connectivity index (χ4n) is 3.41. The number of benzene rings is 1. The van der Waals surface area contributed by atoms with Crippen molar-refractivity contribution in [1.29, 1.82) is 0 Å². The lowest BCUT2D eigenvalue weighted by molar-refractivity contribution is 0.466. The molecular weight excluding hydrogens is 182 g/mol. The first-order chi connectivity index (χ1) is 7.40. The van der Waals surface area contributed by atoms with E-state index in [4.69, 9.17) is 0 Å². The molecule has 2 aliphatic rings. The van der Waals surface area contributed by atoms with E-state index in [1.807, 2.05) is 0 Å². The maximum atomic E-state index is 3.70. The van der Waals surface area contributed by atoms with E-state index in [1.54, 1.807) is 11.1 Å². The maximum absolute atomic E-state index is 3.70. The van der Waals surface area contributed by atoms with Crippen LogP contribution in [0.2, 0.25) is 0 Å². The van der Waals surface area contributed by atoms with Crippen molar-refractivity contribution in [3.63, 3.8) is 0 Å². The number of nitrogens with one attached hydrogen (secondary N) is 1. The molecule has 0 spiro atoms. The van der Waals surface area contributed by atoms with Gasteiger partial charge in [0.15, 0.2) is 0 Å². The van der Waals surface area contributed by atoms with Gasteiger partial charge in [0.2, 0.25) is 0 Å². The second kappa shape index (κ2) is 3.64. The van der Waals surface area contributed by atoms with Gasteiger partial charge in [-0.25, -0.2) is 0 Å². The van der Waals surface area contributed by atoms with Crippen LogP contribution in [0.25, 0.3) is 0 Å². The third kappa shape index (κ3) is 1.41. The van der Waals surface area contributed by atoms with E-state index in [-0.39, 0.29) is 0 Å². The van der Waals surface area contributed by atoms with Gasteiger partial charge < -0.3 is 5.32 Å². The Morgan fingerprint density at radius 3 is 2.80 bits per heavy atom. The van der Waals surface area contributed by atoms with Gasteiger partial charge in [0, 0.05) is 12.0 Å². The molecule has 80 valence electrons. The summed E-state index contributed by atoms with van der Waals surface area (Å²) in [6.07, 6.45) is 4.00. The Kier molecular flexibility index (Phi) is 2.28. The van der Waals surface area contributed by atoms with Gasteiger partial charge in [0.25, 0.3) is 0 Å². The number of fused-ring (bicyclic) bond motifs is 5. The summed E-state index contributed by atoms with van der Waals surface area (Å²) in [6.45, 7) is 3.42. The van der Waals surface area contributed by atoms with Crippen LogP contribution in [0.15, 0.2) is 24.3 Å². The third-order valence-corrected chi connectivity index (χ3v) is 4.05. The summed E-state index contributed by atoms with van der Waals surface area (Å²) in [5.74, 6) is 1.65. The second-order valence-corrected chi connectivity index (χ2v) is 4.96. The average molecular weight is 201 g/mol. The van der Waals surface area contributed by atoms with Crippen LogP contribution in [0, 0.1) is 0 Å². The summed E-state index contributed by atoms with van der Waals surface area (Å²) >= 11 is 0. The minimum Gasteiger partial charge on any atom is -0.313 e. The highest BCUT2D eigenvalue weighted by Crippen LogP contribution is 2.52. The topological polar surface area (TPSA) is 12.0 Å². The molecule has 0 aliphatic heterocycles. The summed E-state index contributed by atoms with van der Waals surface area (Å²) in [5.41, 5.74) is 3.26. The first-order valence-corrected chi connectivity index (χ1v) is 6.22. The van der Waals surface area contributed by atoms with Crippen molar-refractivity contribution in [3.8, 4) is 0 Å². The van der Waals surface area contributed by atoms with Gasteiger partial charge in [-0.3, -0.25) is 0 Å². The Balaban J connectivity index is 1.82. The third-order valence-electron chi connectivity index (χ3n) is 4.05. The minimum absolute atomic E-state index is 0.754. The van der Waals surface area contributed by atoms with Crippen molar-refractivity contribution >= 4 is 0 Å². The molecule has 3 atom stereocenters. The zero-order chi connectivity index (χ0) is 10.3. The molecule has 3 rings (SSSR count). The molecule has 2 aliphatic carbocycles. The molecule has 0 saturated heterocycles. The molecule has 0 unspecified atom stereocenters. The van der Waals surface area contributed by atoms with E-state index in [0.29, 0.717) is 0 Å². The monoisotopic (exact) mass is 201 g/mol. The summed E-state index contributed by atoms with van der Waals surface area (Å²) in [7, 11) is 0. The largest absolute Gasteiger partial charge is 0.313 e. The first kappa shape index (κ1) is 9.41. The van der Waals surface area contributed by atoms with E-state index in [9.17, 15) is 0 Å². The van der Waals surface area contributed by atoms with Crippen LogP contribution >= 0.6 is 0 Å². The van der Waals surface area contributed by atoms with E-state index < -0.39 is 0 Å². The van der Waals surface area contributed by atoms with E-state index in [2.05, 4.69) is 36.5 Å². The second-order valence-electron chi connectivity index (χ2n) is 4.96. The molecule has 1 fully saturated rings. The van der Waals surface area contributed by atoms with Gasteiger partial charge >= 0.3 is 0 Å². The summed E-state index contributed by atoms with van der Waals surface area (Å²) in [6, 6.07) is 9.80. The fraction of sp³-hybridized carbons (Fsp3) is 0.571. The van der Waals surface area contributed by atoms with Crippen LogP contribution in [0.3, 0.4) is 0 Å². The van der Waals surface area contributed by atoms with E-state index in [0.717, 1.165) is 17.9 Å². The molecule has 2 bridgehead atoms. The first-order valence-electron chi connectivity index (χ1n) is 6.22. The van der Waals surface area contributed by atoms with Gasteiger partial charge in [0.1, 0.15) is 0 Å². The van der Waals surface area contributed by atoms with Crippen LogP contribution in [-0.2, 0) is 0 Å². The summed E-state index contributed by atoms with van der Waals surface area (Å²) in [4.78, 5) is 0. The molecule has 1 heteroatoms. The highest BCUT2D eigenvalue weighted by atomic mass is 14.9. The molecule has 1 aromatic rings. The zero-order valence-corrected chi connectivity index (χ0v) is 9.37. The summed E-state index contributed by atoms with van der Waals surface area (Å²) in [5, 5.41) is 3.70. The van der Waals surface area contributed by atoms with Gasteiger partial charge in [0.05, 0.1) is 0 Å². The zero-order valence-electron chi connectivity index (χ0n) is 9.37. The molecule has 0 radical (unpaired) electrons.